The summed E-state index contributed by atoms with van der Waals surface area (Å²) in [6.07, 6.45) is 0.244. The Hall–Kier alpha value is 0.0175. The Labute approximate surface area is 146 Å². The Morgan fingerprint density at radius 1 is 0.783 bits per heavy atom. The van der Waals surface area contributed by atoms with Crippen LogP contribution < -0.4 is 4.98 Å². The lowest BCUT2D eigenvalue weighted by molar-refractivity contribution is 0.141. The maximum absolute atomic E-state index is 12.2. The molecule has 1 N–H and O–H groups in total. The van der Waals surface area contributed by atoms with E-state index in [2.05, 4.69) is 63.9 Å². The van der Waals surface area contributed by atoms with Gasteiger partial charge in [-0.1, -0.05) is 6.92 Å². The Balaban J connectivity index is 5.58. The fourth-order valence-electron chi connectivity index (χ4n) is 1.70. The van der Waals surface area contributed by atoms with Gasteiger partial charge >= 0.3 is 15.1 Å². The van der Waals surface area contributed by atoms with Gasteiger partial charge in [-0.05, 0) is 65.3 Å². The van der Waals surface area contributed by atoms with E-state index in [0.717, 1.165) is 6.42 Å². The minimum atomic E-state index is -3.35. The minimum Gasteiger partial charge on any atom is -0.450 e. The van der Waals surface area contributed by atoms with E-state index >= 15 is 0 Å². The first-order chi connectivity index (χ1) is 10.1. The highest BCUT2D eigenvalue weighted by Crippen LogP contribution is 2.23. The average molecular weight is 398 g/mol. The molecule has 0 atom stereocenters. The fourth-order valence-corrected chi connectivity index (χ4v) is 13.9. The number of carbonyl (C=O) groups excluding carboxylic acids is 1. The minimum absolute atomic E-state index is 0.364. The number of nitrogens with one attached hydrogen (secondary N) is 1. The zero-order valence-corrected chi connectivity index (χ0v) is 20.5. The smallest absolute Gasteiger partial charge is 0.450 e. The zero-order chi connectivity index (χ0) is 18.5. The maximum Gasteiger partial charge on any atom is 0.604 e. The van der Waals surface area contributed by atoms with Crippen molar-refractivity contribution in [3.05, 3.63) is 0 Å². The largest absolute Gasteiger partial charge is 0.604 e. The summed E-state index contributed by atoms with van der Waals surface area (Å²) in [4.78, 5) is 15.0. The van der Waals surface area contributed by atoms with Crippen molar-refractivity contribution >= 4 is 40.0 Å². The molecular formula is C13H35NO5Si4. The van der Waals surface area contributed by atoms with Crippen LogP contribution in [-0.4, -0.2) is 46.6 Å². The number of hydrogen-bond donors (Lipinski definition) is 1. The van der Waals surface area contributed by atoms with E-state index in [1.54, 1.807) is 0 Å². The summed E-state index contributed by atoms with van der Waals surface area (Å²) in [5.74, 6) is 0. The molecule has 0 spiro atoms. The molecule has 0 aromatic carbocycles. The number of hydrogen-bond acceptors (Lipinski definition) is 5. The van der Waals surface area contributed by atoms with E-state index in [1.807, 2.05) is 6.92 Å². The number of rotatable bonds is 9. The summed E-state index contributed by atoms with van der Waals surface area (Å²) in [5, 5.41) is 0. The predicted octanol–water partition coefficient (Wildman–Crippen LogP) is 4.11. The Morgan fingerprint density at radius 2 is 1.13 bits per heavy atom. The predicted molar refractivity (Wildman–Crippen MR) is 104 cm³/mol. The fraction of sp³-hybridized carbons (Fsp3) is 0.923. The van der Waals surface area contributed by atoms with Crippen molar-refractivity contribution in [1.82, 2.24) is 4.98 Å². The van der Waals surface area contributed by atoms with Crippen molar-refractivity contribution < 1.29 is 21.9 Å². The Morgan fingerprint density at radius 3 is 1.39 bits per heavy atom. The van der Waals surface area contributed by atoms with E-state index < -0.39 is 40.0 Å². The lowest BCUT2D eigenvalue weighted by Crippen LogP contribution is -2.70. The van der Waals surface area contributed by atoms with Gasteiger partial charge in [0, 0.05) is 0 Å². The van der Waals surface area contributed by atoms with Crippen LogP contribution in [0, 0.1) is 0 Å². The van der Waals surface area contributed by atoms with E-state index in [4.69, 9.17) is 17.1 Å². The molecule has 6 nitrogen and oxygen atoms in total. The summed E-state index contributed by atoms with van der Waals surface area (Å²) in [7, 11) is -9.37. The van der Waals surface area contributed by atoms with Crippen LogP contribution >= 0.6 is 0 Å². The van der Waals surface area contributed by atoms with Crippen molar-refractivity contribution in [2.24, 2.45) is 0 Å². The average Bonchev–Trinajstić information content (AvgIpc) is 2.17. The topological polar surface area (TPSA) is 66.0 Å². The quantitative estimate of drug-likeness (QED) is 0.593. The molecule has 1 amide bonds. The lowest BCUT2D eigenvalue weighted by Gasteiger charge is -2.41. The number of ether oxygens (including phenoxy) is 1. The van der Waals surface area contributed by atoms with Crippen molar-refractivity contribution in [3.8, 4) is 0 Å². The maximum atomic E-state index is 12.2. The Kier molecular flexibility index (Phi) is 8.41. The van der Waals surface area contributed by atoms with Crippen LogP contribution in [0.25, 0.3) is 0 Å². The molecule has 0 heterocycles. The number of carbonyl (C=O) groups is 1. The summed E-state index contributed by atoms with van der Waals surface area (Å²) >= 11 is 0. The SMILES string of the molecule is CCCOC(=O)N[Si](O[Si](C)(C)C)(O[Si](C)(C)C)O[Si](C)(C)C. The van der Waals surface area contributed by atoms with Gasteiger partial charge in [0.2, 0.25) is 0 Å². The molecule has 138 valence electrons. The second-order valence-electron chi connectivity index (χ2n) is 8.46. The van der Waals surface area contributed by atoms with Gasteiger partial charge in [0.1, 0.15) is 0 Å². The molecule has 0 rings (SSSR count). The van der Waals surface area contributed by atoms with Crippen LogP contribution in [0.15, 0.2) is 0 Å². The zero-order valence-electron chi connectivity index (χ0n) is 16.5. The molecular weight excluding hydrogens is 362 g/mol. The third kappa shape index (κ3) is 12.1. The molecule has 0 aliphatic heterocycles. The van der Waals surface area contributed by atoms with Gasteiger partial charge in [-0.15, -0.1) is 0 Å². The standard InChI is InChI=1S/C13H35NO5Si4/c1-11-12-16-13(15)14-23(17-20(2,3)4,18-21(5,6)7)19-22(8,9)10/h11-12H2,1-10H3,(H,14,15). The van der Waals surface area contributed by atoms with Crippen LogP contribution in [0.3, 0.4) is 0 Å². The van der Waals surface area contributed by atoms with Crippen LogP contribution in [0.5, 0.6) is 0 Å². The van der Waals surface area contributed by atoms with E-state index in [-0.39, 0.29) is 0 Å². The van der Waals surface area contributed by atoms with Crippen LogP contribution in [0.2, 0.25) is 58.9 Å². The van der Waals surface area contributed by atoms with Gasteiger partial charge in [0.05, 0.1) is 6.61 Å². The molecule has 0 aliphatic rings. The van der Waals surface area contributed by atoms with E-state index in [1.165, 1.54) is 0 Å². The Bertz CT molecular complexity index is 347. The first-order valence-electron chi connectivity index (χ1n) is 8.13. The van der Waals surface area contributed by atoms with Crippen molar-refractivity contribution in [3.63, 3.8) is 0 Å². The van der Waals surface area contributed by atoms with E-state index in [9.17, 15) is 4.79 Å². The van der Waals surface area contributed by atoms with Crippen molar-refractivity contribution in [1.29, 1.82) is 0 Å². The van der Waals surface area contributed by atoms with E-state index in [0.29, 0.717) is 6.61 Å². The molecule has 0 fully saturated rings. The van der Waals surface area contributed by atoms with Gasteiger partial charge in [0.25, 0.3) is 0 Å². The highest BCUT2D eigenvalue weighted by Gasteiger charge is 2.53. The van der Waals surface area contributed by atoms with Gasteiger partial charge < -0.3 is 17.1 Å². The summed E-state index contributed by atoms with van der Waals surface area (Å²) < 4.78 is 24.1. The third-order valence-corrected chi connectivity index (χ3v) is 13.1. The molecule has 0 aromatic rings. The molecule has 23 heavy (non-hydrogen) atoms. The van der Waals surface area contributed by atoms with Gasteiger partial charge in [0.15, 0.2) is 25.0 Å². The molecule has 0 saturated heterocycles. The highest BCUT2D eigenvalue weighted by atomic mass is 28.5. The van der Waals surface area contributed by atoms with Crippen LogP contribution in [0.1, 0.15) is 13.3 Å². The molecule has 10 heteroatoms. The summed E-state index contributed by atoms with van der Waals surface area (Å²) in [6.45, 7) is 20.9. The van der Waals surface area contributed by atoms with Gasteiger partial charge in [-0.2, -0.15) is 0 Å². The molecule has 0 radical (unpaired) electrons. The first-order valence-corrected chi connectivity index (χ1v) is 20.1. The van der Waals surface area contributed by atoms with Gasteiger partial charge in [-0.3, -0.25) is 4.98 Å². The summed E-state index contributed by atoms with van der Waals surface area (Å²) in [5.41, 5.74) is 0. The van der Waals surface area contributed by atoms with Crippen molar-refractivity contribution in [2.75, 3.05) is 6.61 Å². The molecule has 0 aliphatic carbocycles. The third-order valence-electron chi connectivity index (χ3n) is 2.01. The summed E-state index contributed by atoms with van der Waals surface area (Å²) in [6, 6.07) is 0. The lowest BCUT2D eigenvalue weighted by atomic mass is 10.5. The van der Waals surface area contributed by atoms with Crippen LogP contribution in [0.4, 0.5) is 4.79 Å². The highest BCUT2D eigenvalue weighted by molar-refractivity contribution is 6.89. The number of amides is 1. The second-order valence-corrected chi connectivity index (χ2v) is 24.9. The second kappa shape index (κ2) is 8.40. The molecule has 0 aromatic heterocycles. The van der Waals surface area contributed by atoms with Crippen LogP contribution in [-0.2, 0) is 17.1 Å². The molecule has 0 saturated carbocycles. The monoisotopic (exact) mass is 397 g/mol. The van der Waals surface area contributed by atoms with Crippen molar-refractivity contribution in [2.45, 2.75) is 72.3 Å². The first kappa shape index (κ1) is 23.0. The molecule has 0 bridgehead atoms. The normalized spacial score (nSPS) is 13.8. The van der Waals surface area contributed by atoms with Gasteiger partial charge in [-0.25, -0.2) is 4.79 Å². The molecule has 0 unspecified atom stereocenters.